The minimum Gasteiger partial charge on any atom is -0.454 e. The van der Waals surface area contributed by atoms with Gasteiger partial charge >= 0.3 is 5.97 Å². The van der Waals surface area contributed by atoms with Crippen molar-refractivity contribution in [3.63, 3.8) is 0 Å². The van der Waals surface area contributed by atoms with Crippen molar-refractivity contribution < 1.29 is 22.7 Å². The molecule has 0 N–H and O–H groups in total. The summed E-state index contributed by atoms with van der Waals surface area (Å²) in [5, 5.41) is 0.500. The molecule has 1 aliphatic heterocycles. The molecule has 0 aliphatic carbocycles. The lowest BCUT2D eigenvalue weighted by molar-refractivity contribution is 0.0474. The van der Waals surface area contributed by atoms with Crippen molar-refractivity contribution in [1.29, 1.82) is 0 Å². The van der Waals surface area contributed by atoms with Gasteiger partial charge in [0.15, 0.2) is 12.4 Å². The van der Waals surface area contributed by atoms with Crippen molar-refractivity contribution in [2.45, 2.75) is 24.2 Å². The lowest BCUT2D eigenvalue weighted by Crippen LogP contribution is -2.35. The number of nitrogens with zero attached hydrogens (tertiary/aromatic N) is 1. The third kappa shape index (κ3) is 4.79. The Balaban J connectivity index is 1.68. The van der Waals surface area contributed by atoms with Crippen LogP contribution in [0.1, 0.15) is 40.0 Å². The van der Waals surface area contributed by atoms with Crippen molar-refractivity contribution in [2.75, 3.05) is 19.7 Å². The molecule has 28 heavy (non-hydrogen) atoms. The molecule has 1 saturated heterocycles. The highest BCUT2D eigenvalue weighted by Crippen LogP contribution is 2.21. The second kappa shape index (κ2) is 8.86. The van der Waals surface area contributed by atoms with E-state index in [1.807, 2.05) is 0 Å². The maximum atomic E-state index is 12.7. The number of ketones is 1. The van der Waals surface area contributed by atoms with Crippen LogP contribution in [0.3, 0.4) is 0 Å². The zero-order valence-corrected chi connectivity index (χ0v) is 16.7. The number of carbonyl (C=O) groups is 2. The predicted octanol–water partition coefficient (Wildman–Crippen LogP) is 3.55. The summed E-state index contributed by atoms with van der Waals surface area (Å²) in [4.78, 5) is 24.4. The van der Waals surface area contributed by atoms with E-state index in [4.69, 9.17) is 16.3 Å². The molecule has 0 spiro atoms. The Bertz CT molecular complexity index is 966. The minimum absolute atomic E-state index is 0.0490. The van der Waals surface area contributed by atoms with Crippen LogP contribution in [0, 0.1) is 0 Å². The van der Waals surface area contributed by atoms with Crippen LogP contribution in [0.2, 0.25) is 5.02 Å². The van der Waals surface area contributed by atoms with Crippen molar-refractivity contribution in [3.8, 4) is 0 Å². The predicted molar refractivity (Wildman–Crippen MR) is 105 cm³/mol. The number of rotatable bonds is 6. The number of ether oxygens (including phenoxy) is 1. The van der Waals surface area contributed by atoms with E-state index in [1.165, 1.54) is 28.6 Å². The van der Waals surface area contributed by atoms with Gasteiger partial charge in [-0.25, -0.2) is 13.2 Å². The first-order valence-electron chi connectivity index (χ1n) is 8.94. The summed E-state index contributed by atoms with van der Waals surface area (Å²) >= 11 is 5.78. The third-order valence-electron chi connectivity index (χ3n) is 4.52. The first-order chi connectivity index (χ1) is 13.4. The van der Waals surface area contributed by atoms with Gasteiger partial charge in [-0.1, -0.05) is 24.1 Å². The Morgan fingerprint density at radius 2 is 1.64 bits per heavy atom. The minimum atomic E-state index is -3.65. The van der Waals surface area contributed by atoms with Gasteiger partial charge in [-0.05, 0) is 55.3 Å². The summed E-state index contributed by atoms with van der Waals surface area (Å²) < 4.78 is 32.0. The van der Waals surface area contributed by atoms with Gasteiger partial charge in [0.25, 0.3) is 0 Å². The average molecular weight is 422 g/mol. The van der Waals surface area contributed by atoms with Crippen molar-refractivity contribution in [3.05, 3.63) is 64.7 Å². The normalized spacial score (nSPS) is 15.2. The van der Waals surface area contributed by atoms with E-state index in [1.54, 1.807) is 24.3 Å². The Morgan fingerprint density at radius 1 is 0.964 bits per heavy atom. The number of piperidine rings is 1. The molecule has 1 aliphatic rings. The number of carbonyl (C=O) groups excluding carboxylic acids is 2. The smallest absolute Gasteiger partial charge is 0.338 e. The summed E-state index contributed by atoms with van der Waals surface area (Å²) in [6, 6.07) is 11.9. The number of hydrogen-bond donors (Lipinski definition) is 0. The molecular weight excluding hydrogens is 402 g/mol. The third-order valence-corrected chi connectivity index (χ3v) is 6.67. The maximum absolute atomic E-state index is 12.7. The summed E-state index contributed by atoms with van der Waals surface area (Å²) in [6.07, 6.45) is 2.67. The average Bonchev–Trinajstić information content (AvgIpc) is 2.73. The Kier molecular flexibility index (Phi) is 6.49. The topological polar surface area (TPSA) is 80.8 Å². The lowest BCUT2D eigenvalue weighted by atomic mass is 10.1. The number of halogens is 1. The molecule has 3 rings (SSSR count). The molecular formula is C20H20ClNO5S. The van der Waals surface area contributed by atoms with E-state index >= 15 is 0 Å². The second-order valence-electron chi connectivity index (χ2n) is 6.50. The Morgan fingerprint density at radius 3 is 2.32 bits per heavy atom. The fourth-order valence-electron chi connectivity index (χ4n) is 2.97. The van der Waals surface area contributed by atoms with Gasteiger partial charge in [0.2, 0.25) is 10.0 Å². The molecule has 0 saturated carbocycles. The van der Waals surface area contributed by atoms with Gasteiger partial charge in [-0.15, -0.1) is 0 Å². The maximum Gasteiger partial charge on any atom is 0.338 e. The SMILES string of the molecule is O=C(COC(=O)c1cccc(S(=O)(=O)N2CCCCC2)c1)c1ccc(Cl)cc1. The van der Waals surface area contributed by atoms with Crippen molar-refractivity contribution in [1.82, 2.24) is 4.31 Å². The monoisotopic (exact) mass is 421 g/mol. The van der Waals surface area contributed by atoms with Crippen LogP contribution in [0.4, 0.5) is 0 Å². The van der Waals surface area contributed by atoms with Crippen LogP contribution >= 0.6 is 11.6 Å². The molecule has 0 radical (unpaired) electrons. The number of sulfonamides is 1. The fourth-order valence-corrected chi connectivity index (χ4v) is 4.66. The van der Waals surface area contributed by atoms with E-state index in [9.17, 15) is 18.0 Å². The number of esters is 1. The highest BCUT2D eigenvalue weighted by Gasteiger charge is 2.26. The van der Waals surface area contributed by atoms with E-state index in [0.29, 0.717) is 23.7 Å². The summed E-state index contributed by atoms with van der Waals surface area (Å²) in [5.74, 6) is -1.12. The van der Waals surface area contributed by atoms with Gasteiger partial charge in [0, 0.05) is 23.7 Å². The molecule has 1 heterocycles. The van der Waals surface area contributed by atoms with Gasteiger partial charge in [0.05, 0.1) is 10.5 Å². The highest BCUT2D eigenvalue weighted by molar-refractivity contribution is 7.89. The summed E-state index contributed by atoms with van der Waals surface area (Å²) in [5.41, 5.74) is 0.459. The van der Waals surface area contributed by atoms with Gasteiger partial charge in [-0.2, -0.15) is 4.31 Å². The van der Waals surface area contributed by atoms with E-state index in [2.05, 4.69) is 0 Å². The molecule has 2 aromatic rings. The zero-order valence-electron chi connectivity index (χ0n) is 15.1. The molecule has 0 bridgehead atoms. The molecule has 0 unspecified atom stereocenters. The molecule has 6 nitrogen and oxygen atoms in total. The Labute approximate surface area is 169 Å². The molecule has 8 heteroatoms. The molecule has 0 aromatic heterocycles. The molecule has 148 valence electrons. The van der Waals surface area contributed by atoms with Crippen LogP contribution in [0.25, 0.3) is 0 Å². The number of Topliss-reactive ketones (excluding diaryl/α,β-unsaturated/α-hetero) is 1. The summed E-state index contributed by atoms with van der Waals surface area (Å²) in [6.45, 7) is 0.517. The lowest BCUT2D eigenvalue weighted by Gasteiger charge is -2.25. The van der Waals surface area contributed by atoms with Crippen LogP contribution in [-0.4, -0.2) is 44.2 Å². The van der Waals surface area contributed by atoms with Gasteiger partial charge in [-0.3, -0.25) is 4.79 Å². The van der Waals surface area contributed by atoms with E-state index in [-0.39, 0.29) is 16.2 Å². The molecule has 0 amide bonds. The first kappa shape index (κ1) is 20.5. The van der Waals surface area contributed by atoms with Gasteiger partial charge in [0.1, 0.15) is 0 Å². The largest absolute Gasteiger partial charge is 0.454 e. The molecule has 1 fully saturated rings. The molecule has 2 aromatic carbocycles. The summed E-state index contributed by atoms with van der Waals surface area (Å²) in [7, 11) is -3.65. The highest BCUT2D eigenvalue weighted by atomic mass is 35.5. The number of benzene rings is 2. The van der Waals surface area contributed by atoms with Crippen molar-refractivity contribution >= 4 is 33.4 Å². The second-order valence-corrected chi connectivity index (χ2v) is 8.87. The molecule has 0 atom stereocenters. The number of hydrogen-bond acceptors (Lipinski definition) is 5. The van der Waals surface area contributed by atoms with E-state index < -0.39 is 22.6 Å². The first-order valence-corrected chi connectivity index (χ1v) is 10.8. The zero-order chi connectivity index (χ0) is 20.1. The van der Waals surface area contributed by atoms with Crippen LogP contribution in [0.5, 0.6) is 0 Å². The van der Waals surface area contributed by atoms with Gasteiger partial charge < -0.3 is 4.74 Å². The van der Waals surface area contributed by atoms with Crippen LogP contribution in [0.15, 0.2) is 53.4 Å². The van der Waals surface area contributed by atoms with Crippen molar-refractivity contribution in [2.24, 2.45) is 0 Å². The standard InChI is InChI=1S/C20H20ClNO5S/c21-17-9-7-15(8-10-17)19(23)14-27-20(24)16-5-4-6-18(13-16)28(25,26)22-11-2-1-3-12-22/h4-10,13H,1-3,11-12,14H2. The van der Waals surface area contributed by atoms with Crippen LogP contribution < -0.4 is 0 Å². The fraction of sp³-hybridized carbons (Fsp3) is 0.300. The van der Waals surface area contributed by atoms with Crippen LogP contribution in [-0.2, 0) is 14.8 Å². The quantitative estimate of drug-likeness (QED) is 0.526. The van der Waals surface area contributed by atoms with E-state index in [0.717, 1.165) is 19.3 Å². The Hall–Kier alpha value is -2.22.